The first-order valence-electron chi connectivity index (χ1n) is 15.3. The normalized spacial score (nSPS) is 17.6. The van der Waals surface area contributed by atoms with Crippen molar-refractivity contribution in [1.82, 2.24) is 14.7 Å². The Morgan fingerprint density at radius 1 is 1.00 bits per heavy atom. The van der Waals surface area contributed by atoms with Gasteiger partial charge < -0.3 is 25.4 Å². The van der Waals surface area contributed by atoms with Crippen molar-refractivity contribution in [1.29, 1.82) is 0 Å². The number of halogens is 2. The minimum Gasteiger partial charge on any atom is -0.507 e. The molecule has 5 rings (SSSR count). The molecular formula is C34H42ClFN4O3. The number of amides is 1. The third kappa shape index (κ3) is 7.68. The molecule has 7 nitrogen and oxygen atoms in total. The molecule has 0 spiro atoms. The van der Waals surface area contributed by atoms with Crippen LogP contribution in [0.1, 0.15) is 30.9 Å². The minimum atomic E-state index is -0.509. The van der Waals surface area contributed by atoms with Gasteiger partial charge in [-0.3, -0.25) is 9.69 Å². The first-order valence-corrected chi connectivity index (χ1v) is 15.7. The van der Waals surface area contributed by atoms with Gasteiger partial charge >= 0.3 is 0 Å². The summed E-state index contributed by atoms with van der Waals surface area (Å²) in [6.45, 7) is 7.98. The van der Waals surface area contributed by atoms with Crippen LogP contribution in [0.2, 0.25) is 5.02 Å². The van der Waals surface area contributed by atoms with Crippen LogP contribution in [0.15, 0.2) is 60.7 Å². The molecule has 2 aliphatic heterocycles. The first kappa shape index (κ1) is 31.3. The average molecular weight is 609 g/mol. The van der Waals surface area contributed by atoms with Crippen LogP contribution in [0, 0.1) is 11.7 Å². The number of hydrogen-bond donors (Lipinski definition) is 2. The van der Waals surface area contributed by atoms with E-state index in [0.29, 0.717) is 55.7 Å². The highest BCUT2D eigenvalue weighted by Crippen LogP contribution is 2.33. The molecule has 2 aliphatic rings. The predicted octanol–water partition coefficient (Wildman–Crippen LogP) is 5.18. The number of rotatable bonds is 10. The SMILES string of the molecule is CCOc1cccc(F)c1CN1CCN(C(=O)[C@H](N)C2CCN(CCc3cc(Cl)ccc3-c3ccccc3O)CC2)CC1. The number of piperazine rings is 1. The maximum Gasteiger partial charge on any atom is 0.239 e. The molecule has 3 aromatic carbocycles. The second-order valence-electron chi connectivity index (χ2n) is 11.5. The third-order valence-corrected chi connectivity index (χ3v) is 9.06. The molecule has 2 fully saturated rings. The lowest BCUT2D eigenvalue weighted by Crippen LogP contribution is -2.55. The second kappa shape index (κ2) is 14.5. The van der Waals surface area contributed by atoms with E-state index in [0.717, 1.165) is 55.6 Å². The standard InChI is InChI=1S/C34H42ClFN4O3/c1-2-43-32-9-5-7-30(36)29(32)23-39-18-20-40(21-19-39)34(42)33(37)24-12-15-38(16-13-24)17-14-25-22-26(35)10-11-27(25)28-6-3-4-8-31(28)41/h3-11,22,24,33,41H,2,12-21,23,37H2,1H3/t33-/m1/s1. The van der Waals surface area contributed by atoms with Crippen molar-refractivity contribution in [2.45, 2.75) is 38.8 Å². The van der Waals surface area contributed by atoms with Gasteiger partial charge in [-0.15, -0.1) is 0 Å². The maximum atomic E-state index is 14.5. The first-order chi connectivity index (χ1) is 20.8. The van der Waals surface area contributed by atoms with Crippen molar-refractivity contribution in [3.8, 4) is 22.6 Å². The van der Waals surface area contributed by atoms with E-state index in [2.05, 4.69) is 9.80 Å². The summed E-state index contributed by atoms with van der Waals surface area (Å²) in [7, 11) is 0. The zero-order valence-corrected chi connectivity index (χ0v) is 25.6. The molecule has 2 heterocycles. The highest BCUT2D eigenvalue weighted by Gasteiger charge is 2.33. The molecule has 0 radical (unpaired) electrons. The summed E-state index contributed by atoms with van der Waals surface area (Å²) in [4.78, 5) is 19.8. The Morgan fingerprint density at radius 3 is 2.47 bits per heavy atom. The Kier molecular flexibility index (Phi) is 10.6. The smallest absolute Gasteiger partial charge is 0.239 e. The summed E-state index contributed by atoms with van der Waals surface area (Å²) >= 11 is 6.33. The summed E-state index contributed by atoms with van der Waals surface area (Å²) < 4.78 is 20.1. The number of phenolic OH excluding ortho intramolecular Hbond substituents is 1. The Bertz CT molecular complexity index is 1390. The van der Waals surface area contributed by atoms with E-state index < -0.39 is 6.04 Å². The Morgan fingerprint density at radius 2 is 1.74 bits per heavy atom. The van der Waals surface area contributed by atoms with Gasteiger partial charge in [0.2, 0.25) is 5.91 Å². The van der Waals surface area contributed by atoms with Gasteiger partial charge in [-0.1, -0.05) is 41.9 Å². The number of phenols is 1. The summed E-state index contributed by atoms with van der Waals surface area (Å²) in [5, 5.41) is 11.1. The van der Waals surface area contributed by atoms with Gasteiger partial charge in [0.15, 0.2) is 0 Å². The zero-order valence-electron chi connectivity index (χ0n) is 24.9. The number of para-hydroxylation sites is 1. The van der Waals surface area contributed by atoms with E-state index in [4.69, 9.17) is 22.1 Å². The van der Waals surface area contributed by atoms with E-state index >= 15 is 0 Å². The predicted molar refractivity (Wildman–Crippen MR) is 169 cm³/mol. The molecule has 230 valence electrons. The molecule has 0 aromatic heterocycles. The number of hydrogen-bond acceptors (Lipinski definition) is 6. The van der Waals surface area contributed by atoms with E-state index in [1.54, 1.807) is 18.2 Å². The van der Waals surface area contributed by atoms with E-state index in [-0.39, 0.29) is 23.4 Å². The summed E-state index contributed by atoms with van der Waals surface area (Å²) in [6.07, 6.45) is 2.56. The largest absolute Gasteiger partial charge is 0.507 e. The topological polar surface area (TPSA) is 82.3 Å². The summed E-state index contributed by atoms with van der Waals surface area (Å²) in [5.41, 5.74) is 10.0. The van der Waals surface area contributed by atoms with Gasteiger partial charge in [0.25, 0.3) is 0 Å². The van der Waals surface area contributed by atoms with Gasteiger partial charge in [0.1, 0.15) is 17.3 Å². The molecule has 3 aromatic rings. The Balaban J connectivity index is 1.09. The van der Waals surface area contributed by atoms with Gasteiger partial charge in [-0.25, -0.2) is 4.39 Å². The number of nitrogens with zero attached hydrogens (tertiary/aromatic N) is 3. The number of nitrogens with two attached hydrogens (primary N) is 1. The lowest BCUT2D eigenvalue weighted by Gasteiger charge is -2.39. The zero-order chi connectivity index (χ0) is 30.3. The van der Waals surface area contributed by atoms with Crippen molar-refractivity contribution < 1.29 is 19.0 Å². The summed E-state index contributed by atoms with van der Waals surface area (Å²) in [6, 6.07) is 17.6. The molecular weight excluding hydrogens is 567 g/mol. The van der Waals surface area contributed by atoms with Crippen molar-refractivity contribution in [3.05, 3.63) is 82.6 Å². The highest BCUT2D eigenvalue weighted by atomic mass is 35.5. The number of benzene rings is 3. The van der Waals surface area contributed by atoms with Crippen LogP contribution in [0.3, 0.4) is 0 Å². The van der Waals surface area contributed by atoms with Crippen LogP contribution in [0.4, 0.5) is 4.39 Å². The molecule has 1 atom stereocenters. The van der Waals surface area contributed by atoms with Crippen LogP contribution in [-0.4, -0.2) is 84.2 Å². The Labute approximate surface area is 259 Å². The molecule has 0 unspecified atom stereocenters. The molecule has 3 N–H and O–H groups in total. The number of carbonyl (C=O) groups is 1. The third-order valence-electron chi connectivity index (χ3n) is 8.83. The van der Waals surface area contributed by atoms with Crippen molar-refractivity contribution >= 4 is 17.5 Å². The van der Waals surface area contributed by atoms with E-state index in [1.165, 1.54) is 6.07 Å². The number of ether oxygens (including phenoxy) is 1. The second-order valence-corrected chi connectivity index (χ2v) is 12.0. The highest BCUT2D eigenvalue weighted by molar-refractivity contribution is 6.30. The molecule has 0 aliphatic carbocycles. The van der Waals surface area contributed by atoms with Gasteiger partial charge in [-0.05, 0) is 86.7 Å². The van der Waals surface area contributed by atoms with Crippen LogP contribution in [0.5, 0.6) is 11.5 Å². The quantitative estimate of drug-likeness (QED) is 0.330. The molecule has 0 saturated carbocycles. The van der Waals surface area contributed by atoms with Crippen LogP contribution in [0.25, 0.3) is 11.1 Å². The maximum absolute atomic E-state index is 14.5. The van der Waals surface area contributed by atoms with Crippen molar-refractivity contribution in [2.75, 3.05) is 52.4 Å². The fourth-order valence-electron chi connectivity index (χ4n) is 6.29. The lowest BCUT2D eigenvalue weighted by atomic mass is 9.88. The van der Waals surface area contributed by atoms with E-state index in [9.17, 15) is 14.3 Å². The molecule has 43 heavy (non-hydrogen) atoms. The fourth-order valence-corrected chi connectivity index (χ4v) is 6.49. The fraction of sp³-hybridized carbons (Fsp3) is 0.441. The van der Waals surface area contributed by atoms with Crippen molar-refractivity contribution in [3.63, 3.8) is 0 Å². The summed E-state index contributed by atoms with van der Waals surface area (Å²) in [5.74, 6) is 0.745. The van der Waals surface area contributed by atoms with E-state index in [1.807, 2.05) is 48.2 Å². The van der Waals surface area contributed by atoms with Crippen LogP contribution in [-0.2, 0) is 17.8 Å². The molecule has 9 heteroatoms. The van der Waals surface area contributed by atoms with Crippen LogP contribution < -0.4 is 10.5 Å². The van der Waals surface area contributed by atoms with Crippen LogP contribution >= 0.6 is 11.6 Å². The number of likely N-dealkylation sites (tertiary alicyclic amines) is 1. The number of aromatic hydroxyl groups is 1. The number of piperidine rings is 1. The molecule has 0 bridgehead atoms. The van der Waals surface area contributed by atoms with Gasteiger partial charge in [0, 0.05) is 55.4 Å². The number of carbonyl (C=O) groups excluding carboxylic acids is 1. The average Bonchev–Trinajstić information content (AvgIpc) is 3.02. The van der Waals surface area contributed by atoms with Crippen molar-refractivity contribution in [2.24, 2.45) is 11.7 Å². The lowest BCUT2D eigenvalue weighted by molar-refractivity contribution is -0.136. The van der Waals surface area contributed by atoms with Gasteiger partial charge in [-0.2, -0.15) is 0 Å². The Hall–Kier alpha value is -3.17. The molecule has 1 amide bonds. The molecule has 2 saturated heterocycles. The van der Waals surface area contributed by atoms with Gasteiger partial charge in [0.05, 0.1) is 12.6 Å². The monoisotopic (exact) mass is 608 g/mol. The minimum absolute atomic E-state index is 0.0187.